The Kier molecular flexibility index (Phi) is 10.7. The topological polar surface area (TPSA) is 50.4 Å². The van der Waals surface area contributed by atoms with Crippen LogP contribution in [0.4, 0.5) is 0 Å². The normalized spacial score (nSPS) is 8.20. The zero-order valence-electron chi connectivity index (χ0n) is 6.14. The van der Waals surface area contributed by atoms with E-state index in [4.69, 9.17) is 0 Å². The maximum atomic E-state index is 10.4. The minimum absolute atomic E-state index is 0. The summed E-state index contributed by atoms with van der Waals surface area (Å²) in [4.78, 5) is 14.8. The monoisotopic (exact) mass is 168 g/mol. The lowest BCUT2D eigenvalue weighted by Crippen LogP contribution is -2.33. The molecule has 0 fully saturated rings. The summed E-state index contributed by atoms with van der Waals surface area (Å²) in [5.41, 5.74) is 4.91. The SMILES string of the molecule is CCNNOC(=O)CC.Cl. The van der Waals surface area contributed by atoms with Crippen LogP contribution < -0.4 is 11.0 Å². The van der Waals surface area contributed by atoms with Crippen LogP contribution in [0.5, 0.6) is 0 Å². The molecule has 62 valence electrons. The second-order valence-corrected chi connectivity index (χ2v) is 1.46. The number of nitrogens with one attached hydrogen (secondary N) is 2. The molecule has 0 aliphatic heterocycles. The van der Waals surface area contributed by atoms with Gasteiger partial charge in [0.15, 0.2) is 0 Å². The van der Waals surface area contributed by atoms with Crippen LogP contribution in [0.3, 0.4) is 0 Å². The summed E-state index contributed by atoms with van der Waals surface area (Å²) in [6, 6.07) is 0. The van der Waals surface area contributed by atoms with E-state index in [0.717, 1.165) is 6.54 Å². The van der Waals surface area contributed by atoms with Crippen LogP contribution in [-0.4, -0.2) is 12.5 Å². The van der Waals surface area contributed by atoms with Crippen molar-refractivity contribution in [3.63, 3.8) is 0 Å². The number of halogens is 1. The third kappa shape index (κ3) is 7.68. The highest BCUT2D eigenvalue weighted by atomic mass is 35.5. The molecule has 0 aromatic heterocycles. The van der Waals surface area contributed by atoms with Crippen LogP contribution in [0.2, 0.25) is 0 Å². The summed E-state index contributed by atoms with van der Waals surface area (Å²) in [5, 5.41) is 0. The number of hydrogen-bond acceptors (Lipinski definition) is 4. The van der Waals surface area contributed by atoms with E-state index in [1.54, 1.807) is 6.92 Å². The van der Waals surface area contributed by atoms with E-state index in [1.165, 1.54) is 0 Å². The van der Waals surface area contributed by atoms with Gasteiger partial charge in [0.2, 0.25) is 0 Å². The first kappa shape index (κ1) is 12.4. The van der Waals surface area contributed by atoms with Crippen molar-refractivity contribution in [3.8, 4) is 0 Å². The molecule has 0 spiro atoms. The van der Waals surface area contributed by atoms with Crippen LogP contribution in [-0.2, 0) is 9.63 Å². The van der Waals surface area contributed by atoms with Gasteiger partial charge in [0, 0.05) is 13.0 Å². The lowest BCUT2D eigenvalue weighted by atomic mass is 10.5. The molecule has 0 aromatic rings. The fourth-order valence-electron chi connectivity index (χ4n) is 0.237. The van der Waals surface area contributed by atoms with Crippen molar-refractivity contribution in [2.75, 3.05) is 6.54 Å². The third-order valence-electron chi connectivity index (χ3n) is 0.702. The lowest BCUT2D eigenvalue weighted by Gasteiger charge is -2.02. The van der Waals surface area contributed by atoms with E-state index in [1.807, 2.05) is 6.92 Å². The Morgan fingerprint density at radius 2 is 2.10 bits per heavy atom. The van der Waals surface area contributed by atoms with E-state index in [0.29, 0.717) is 6.42 Å². The minimum atomic E-state index is -0.268. The van der Waals surface area contributed by atoms with E-state index < -0.39 is 0 Å². The van der Waals surface area contributed by atoms with Gasteiger partial charge in [-0.2, -0.15) is 0 Å². The van der Waals surface area contributed by atoms with Gasteiger partial charge in [-0.3, -0.25) is 4.79 Å². The largest absolute Gasteiger partial charge is 0.356 e. The van der Waals surface area contributed by atoms with Gasteiger partial charge in [0.05, 0.1) is 0 Å². The van der Waals surface area contributed by atoms with Gasteiger partial charge >= 0.3 is 5.97 Å². The molecule has 0 rings (SSSR count). The van der Waals surface area contributed by atoms with Gasteiger partial charge < -0.3 is 4.84 Å². The van der Waals surface area contributed by atoms with Crippen LogP contribution in [0.1, 0.15) is 20.3 Å². The van der Waals surface area contributed by atoms with Gasteiger partial charge in [0.1, 0.15) is 0 Å². The Morgan fingerprint density at radius 3 is 2.50 bits per heavy atom. The molecule has 0 unspecified atom stereocenters. The molecule has 0 heterocycles. The lowest BCUT2D eigenvalue weighted by molar-refractivity contribution is -0.153. The van der Waals surface area contributed by atoms with Gasteiger partial charge in [-0.15, -0.1) is 12.4 Å². The molecular weight excluding hydrogens is 156 g/mol. The van der Waals surface area contributed by atoms with Gasteiger partial charge in [-0.25, -0.2) is 5.43 Å². The Hall–Kier alpha value is -0.320. The number of hydrogen-bond donors (Lipinski definition) is 2. The Morgan fingerprint density at radius 1 is 1.50 bits per heavy atom. The maximum Gasteiger partial charge on any atom is 0.326 e. The molecule has 0 atom stereocenters. The van der Waals surface area contributed by atoms with Crippen LogP contribution >= 0.6 is 12.4 Å². The molecule has 0 aliphatic rings. The summed E-state index contributed by atoms with van der Waals surface area (Å²) < 4.78 is 0. The number of carbonyl (C=O) groups excluding carboxylic acids is 1. The summed E-state index contributed by atoms with van der Waals surface area (Å²) in [5.74, 6) is -0.268. The van der Waals surface area contributed by atoms with E-state index in [2.05, 4.69) is 15.9 Å². The summed E-state index contributed by atoms with van der Waals surface area (Å²) in [7, 11) is 0. The zero-order valence-corrected chi connectivity index (χ0v) is 6.96. The molecule has 2 N–H and O–H groups in total. The van der Waals surface area contributed by atoms with Gasteiger partial charge in [0.25, 0.3) is 0 Å². The van der Waals surface area contributed by atoms with E-state index >= 15 is 0 Å². The highest BCUT2D eigenvalue weighted by Crippen LogP contribution is 1.76. The fourth-order valence-corrected chi connectivity index (χ4v) is 0.237. The average Bonchev–Trinajstić information content (AvgIpc) is 1.89. The Balaban J connectivity index is 0. The van der Waals surface area contributed by atoms with Crippen LogP contribution in [0.25, 0.3) is 0 Å². The molecule has 0 amide bonds. The second-order valence-electron chi connectivity index (χ2n) is 1.46. The molecule has 0 aromatic carbocycles. The standard InChI is InChI=1S/C5H12N2O2.ClH/c1-3-5(8)9-7-6-4-2;/h6-7H,3-4H2,1-2H3;1H. The fraction of sp³-hybridized carbons (Fsp3) is 0.800. The van der Waals surface area contributed by atoms with Crippen molar-refractivity contribution in [1.82, 2.24) is 11.0 Å². The Bertz CT molecular complexity index is 89.7. The molecule has 0 saturated carbocycles. The minimum Gasteiger partial charge on any atom is -0.356 e. The van der Waals surface area contributed by atoms with Crippen molar-refractivity contribution >= 4 is 18.4 Å². The molecule has 10 heavy (non-hydrogen) atoms. The first-order valence-corrected chi connectivity index (χ1v) is 2.98. The first-order chi connectivity index (χ1) is 4.31. The smallest absolute Gasteiger partial charge is 0.326 e. The molecule has 0 saturated heterocycles. The number of hydrazine groups is 1. The van der Waals surface area contributed by atoms with Gasteiger partial charge in [-0.05, 0) is 0 Å². The maximum absolute atomic E-state index is 10.4. The quantitative estimate of drug-likeness (QED) is 0.471. The molecule has 0 bridgehead atoms. The highest BCUT2D eigenvalue weighted by Gasteiger charge is 1.93. The van der Waals surface area contributed by atoms with E-state index in [-0.39, 0.29) is 18.4 Å². The Labute approximate surface area is 66.7 Å². The number of carbonyl (C=O) groups is 1. The highest BCUT2D eigenvalue weighted by molar-refractivity contribution is 5.85. The van der Waals surface area contributed by atoms with Crippen molar-refractivity contribution in [2.24, 2.45) is 0 Å². The summed E-state index contributed by atoms with van der Waals surface area (Å²) in [6.07, 6.45) is 0.387. The summed E-state index contributed by atoms with van der Waals surface area (Å²) in [6.45, 7) is 4.35. The van der Waals surface area contributed by atoms with Crippen molar-refractivity contribution in [3.05, 3.63) is 0 Å². The average molecular weight is 169 g/mol. The molecule has 0 radical (unpaired) electrons. The zero-order chi connectivity index (χ0) is 7.11. The van der Waals surface area contributed by atoms with Crippen LogP contribution in [0.15, 0.2) is 0 Å². The molecule has 0 aliphatic carbocycles. The second kappa shape index (κ2) is 8.68. The van der Waals surface area contributed by atoms with E-state index in [9.17, 15) is 4.79 Å². The number of rotatable bonds is 4. The van der Waals surface area contributed by atoms with Crippen molar-refractivity contribution < 1.29 is 9.63 Å². The first-order valence-electron chi connectivity index (χ1n) is 2.98. The predicted octanol–water partition coefficient (Wildman–Crippen LogP) is 0.390. The molecular formula is C5H13ClN2O2. The third-order valence-corrected chi connectivity index (χ3v) is 0.702. The van der Waals surface area contributed by atoms with Crippen molar-refractivity contribution in [1.29, 1.82) is 0 Å². The van der Waals surface area contributed by atoms with Crippen molar-refractivity contribution in [2.45, 2.75) is 20.3 Å². The summed E-state index contributed by atoms with van der Waals surface area (Å²) >= 11 is 0. The molecule has 4 nitrogen and oxygen atoms in total. The molecule has 5 heteroatoms. The van der Waals surface area contributed by atoms with Gasteiger partial charge in [-0.1, -0.05) is 19.4 Å². The van der Waals surface area contributed by atoms with Crippen LogP contribution in [0, 0.1) is 0 Å². The predicted molar refractivity (Wildman–Crippen MR) is 40.4 cm³/mol.